The Balaban J connectivity index is 1.59. The monoisotopic (exact) mass is 396 g/mol. The van der Waals surface area contributed by atoms with Gasteiger partial charge in [-0.2, -0.15) is 10.1 Å². The van der Waals surface area contributed by atoms with Gasteiger partial charge in [-0.1, -0.05) is 11.6 Å². The Labute approximate surface area is 165 Å². The molecule has 0 fully saturated rings. The Morgan fingerprint density at radius 2 is 2.11 bits per heavy atom. The van der Waals surface area contributed by atoms with Crippen LogP contribution in [0.1, 0.15) is 17.4 Å². The van der Waals surface area contributed by atoms with E-state index in [2.05, 4.69) is 35.9 Å². The van der Waals surface area contributed by atoms with Crippen molar-refractivity contribution in [3.05, 3.63) is 47.4 Å². The summed E-state index contributed by atoms with van der Waals surface area (Å²) in [5.74, 6) is 0.794. The number of pyridine rings is 1. The number of hydrogen-bond donors (Lipinski definition) is 3. The maximum Gasteiger partial charge on any atom is 0.269 e. The van der Waals surface area contributed by atoms with Crippen LogP contribution in [0.15, 0.2) is 36.7 Å². The number of hydrogen-bond acceptors (Lipinski definition) is 6. The van der Waals surface area contributed by atoms with Crippen LogP contribution in [0, 0.1) is 0 Å². The van der Waals surface area contributed by atoms with Crippen molar-refractivity contribution in [2.45, 2.75) is 6.92 Å². The average molecular weight is 397 g/mol. The molecule has 1 aromatic carbocycles. The number of aromatic amines is 1. The van der Waals surface area contributed by atoms with Crippen molar-refractivity contribution < 1.29 is 4.79 Å². The maximum absolute atomic E-state index is 11.8. The van der Waals surface area contributed by atoms with Gasteiger partial charge in [0.2, 0.25) is 5.95 Å². The maximum atomic E-state index is 11.8. The standard InChI is InChI=1S/C18H17ClN8O/c1-3-20-17(28)14-5-4-10(8-21-14)16-24-18(27(2)26-16)23-13-7-6-12-11(15(13)19)9-22-25-12/h4-9H,3H2,1-2H3,(H,20,28)(H,22,25)(H,23,24,26). The number of halogens is 1. The first-order valence-corrected chi connectivity index (χ1v) is 8.99. The highest BCUT2D eigenvalue weighted by Gasteiger charge is 2.14. The first-order valence-electron chi connectivity index (χ1n) is 8.61. The summed E-state index contributed by atoms with van der Waals surface area (Å²) >= 11 is 6.45. The zero-order valence-electron chi connectivity index (χ0n) is 15.2. The molecule has 0 aliphatic carbocycles. The lowest BCUT2D eigenvalue weighted by Crippen LogP contribution is -2.23. The summed E-state index contributed by atoms with van der Waals surface area (Å²) in [5.41, 5.74) is 2.60. The van der Waals surface area contributed by atoms with E-state index in [1.165, 1.54) is 0 Å². The molecule has 0 atom stereocenters. The first kappa shape index (κ1) is 17.9. The van der Waals surface area contributed by atoms with Crippen molar-refractivity contribution >= 4 is 40.0 Å². The smallest absolute Gasteiger partial charge is 0.269 e. The molecule has 0 aliphatic heterocycles. The molecule has 0 aliphatic rings. The highest BCUT2D eigenvalue weighted by Crippen LogP contribution is 2.31. The van der Waals surface area contributed by atoms with Crippen molar-refractivity contribution in [2.24, 2.45) is 7.05 Å². The fraction of sp³-hybridized carbons (Fsp3) is 0.167. The average Bonchev–Trinajstić information content (AvgIpc) is 3.32. The first-order chi connectivity index (χ1) is 13.6. The van der Waals surface area contributed by atoms with Gasteiger partial charge in [0.15, 0.2) is 5.82 Å². The highest BCUT2D eigenvalue weighted by atomic mass is 35.5. The molecule has 142 valence electrons. The zero-order chi connectivity index (χ0) is 19.7. The normalized spacial score (nSPS) is 11.0. The molecular weight excluding hydrogens is 380 g/mol. The van der Waals surface area contributed by atoms with E-state index in [-0.39, 0.29) is 5.91 Å². The number of amides is 1. The molecule has 0 unspecified atom stereocenters. The molecule has 28 heavy (non-hydrogen) atoms. The third kappa shape index (κ3) is 3.27. The van der Waals surface area contributed by atoms with Crippen LogP contribution >= 0.6 is 11.6 Å². The van der Waals surface area contributed by atoms with E-state index < -0.39 is 0 Å². The number of nitrogens with zero attached hydrogens (tertiary/aromatic N) is 5. The minimum atomic E-state index is -0.213. The van der Waals surface area contributed by atoms with Crippen molar-refractivity contribution in [2.75, 3.05) is 11.9 Å². The van der Waals surface area contributed by atoms with Crippen LogP contribution in [-0.4, -0.2) is 42.4 Å². The van der Waals surface area contributed by atoms with Crippen LogP contribution in [0.2, 0.25) is 5.02 Å². The lowest BCUT2D eigenvalue weighted by atomic mass is 10.2. The molecule has 3 aromatic heterocycles. The largest absolute Gasteiger partial charge is 0.351 e. The van der Waals surface area contributed by atoms with E-state index in [1.54, 1.807) is 36.3 Å². The number of anilines is 2. The second kappa shape index (κ2) is 7.28. The Kier molecular flexibility index (Phi) is 4.66. The van der Waals surface area contributed by atoms with Crippen molar-refractivity contribution in [3.8, 4) is 11.4 Å². The van der Waals surface area contributed by atoms with Crippen LogP contribution in [0.25, 0.3) is 22.3 Å². The number of nitrogens with one attached hydrogen (secondary N) is 3. The van der Waals surface area contributed by atoms with E-state index in [0.717, 1.165) is 10.9 Å². The predicted octanol–water partition coefficient (Wildman–Crippen LogP) is 2.90. The highest BCUT2D eigenvalue weighted by molar-refractivity contribution is 6.38. The molecule has 1 amide bonds. The van der Waals surface area contributed by atoms with Crippen LogP contribution in [0.5, 0.6) is 0 Å². The van der Waals surface area contributed by atoms with E-state index in [0.29, 0.717) is 40.3 Å². The molecule has 4 aromatic rings. The fourth-order valence-electron chi connectivity index (χ4n) is 2.73. The molecule has 0 spiro atoms. The van der Waals surface area contributed by atoms with E-state index in [4.69, 9.17) is 11.6 Å². The lowest BCUT2D eigenvalue weighted by molar-refractivity contribution is 0.0951. The molecule has 3 N–H and O–H groups in total. The topological polar surface area (TPSA) is 113 Å². The molecule has 0 saturated heterocycles. The number of rotatable bonds is 5. The fourth-order valence-corrected chi connectivity index (χ4v) is 2.99. The van der Waals surface area contributed by atoms with Crippen molar-refractivity contribution in [1.29, 1.82) is 0 Å². The molecule has 0 radical (unpaired) electrons. The molecule has 9 nitrogen and oxygen atoms in total. The second-order valence-corrected chi connectivity index (χ2v) is 6.44. The third-order valence-electron chi connectivity index (χ3n) is 4.16. The number of aryl methyl sites for hydroxylation is 1. The van der Waals surface area contributed by atoms with Gasteiger partial charge < -0.3 is 10.6 Å². The van der Waals surface area contributed by atoms with Gasteiger partial charge in [-0.15, -0.1) is 5.10 Å². The van der Waals surface area contributed by atoms with Gasteiger partial charge in [-0.05, 0) is 31.2 Å². The number of carbonyl (C=O) groups is 1. The quantitative estimate of drug-likeness (QED) is 0.478. The molecule has 0 bridgehead atoms. The van der Waals surface area contributed by atoms with Gasteiger partial charge in [-0.3, -0.25) is 14.9 Å². The summed E-state index contributed by atoms with van der Waals surface area (Å²) in [6.45, 7) is 2.40. The van der Waals surface area contributed by atoms with Crippen molar-refractivity contribution in [1.82, 2.24) is 35.3 Å². The van der Waals surface area contributed by atoms with Gasteiger partial charge in [0.25, 0.3) is 5.91 Å². The minimum Gasteiger partial charge on any atom is -0.351 e. The van der Waals surface area contributed by atoms with Gasteiger partial charge >= 0.3 is 0 Å². The molecule has 10 heteroatoms. The summed E-state index contributed by atoms with van der Waals surface area (Å²) in [5, 5.41) is 18.6. The summed E-state index contributed by atoms with van der Waals surface area (Å²) in [7, 11) is 1.78. The third-order valence-corrected chi connectivity index (χ3v) is 4.57. The van der Waals surface area contributed by atoms with Gasteiger partial charge in [0.1, 0.15) is 5.69 Å². The van der Waals surface area contributed by atoms with E-state index >= 15 is 0 Å². The van der Waals surface area contributed by atoms with Crippen LogP contribution in [0.4, 0.5) is 11.6 Å². The molecular formula is C18H17ClN8O. The number of fused-ring (bicyclic) bond motifs is 1. The summed E-state index contributed by atoms with van der Waals surface area (Å²) < 4.78 is 1.61. The zero-order valence-corrected chi connectivity index (χ0v) is 15.9. The Morgan fingerprint density at radius 1 is 1.25 bits per heavy atom. The molecule has 3 heterocycles. The number of carbonyl (C=O) groups excluding carboxylic acids is 1. The minimum absolute atomic E-state index is 0.213. The summed E-state index contributed by atoms with van der Waals surface area (Å²) in [4.78, 5) is 20.5. The van der Waals surface area contributed by atoms with Gasteiger partial charge in [-0.25, -0.2) is 4.68 Å². The lowest BCUT2D eigenvalue weighted by Gasteiger charge is -2.07. The Hall–Kier alpha value is -3.46. The van der Waals surface area contributed by atoms with Crippen molar-refractivity contribution in [3.63, 3.8) is 0 Å². The SMILES string of the molecule is CCNC(=O)c1ccc(-c2nc(Nc3ccc4[nH]ncc4c3Cl)n(C)n2)cn1. The second-order valence-electron chi connectivity index (χ2n) is 6.06. The summed E-state index contributed by atoms with van der Waals surface area (Å²) in [6.07, 6.45) is 3.25. The van der Waals surface area contributed by atoms with Crippen LogP contribution in [0.3, 0.4) is 0 Å². The number of H-pyrrole nitrogens is 1. The Bertz CT molecular complexity index is 1150. The van der Waals surface area contributed by atoms with Crippen LogP contribution < -0.4 is 10.6 Å². The van der Waals surface area contributed by atoms with E-state index in [1.807, 2.05) is 19.1 Å². The van der Waals surface area contributed by atoms with Gasteiger partial charge in [0.05, 0.1) is 22.4 Å². The van der Waals surface area contributed by atoms with Gasteiger partial charge in [0, 0.05) is 30.7 Å². The number of benzene rings is 1. The van der Waals surface area contributed by atoms with E-state index in [9.17, 15) is 4.79 Å². The van der Waals surface area contributed by atoms with Crippen LogP contribution in [-0.2, 0) is 7.05 Å². The predicted molar refractivity (Wildman–Crippen MR) is 107 cm³/mol. The molecule has 0 saturated carbocycles. The Morgan fingerprint density at radius 3 is 2.86 bits per heavy atom. The summed E-state index contributed by atoms with van der Waals surface area (Å²) in [6, 6.07) is 7.15. The number of aromatic nitrogens is 6. The molecule has 4 rings (SSSR count).